The third kappa shape index (κ3) is 3.70. The zero-order valence-electron chi connectivity index (χ0n) is 14.0. The number of rotatable bonds is 5. The van der Waals surface area contributed by atoms with Gasteiger partial charge >= 0.3 is 6.09 Å². The highest BCUT2D eigenvalue weighted by atomic mass is 35.5. The van der Waals surface area contributed by atoms with Gasteiger partial charge in [0, 0.05) is 23.2 Å². The van der Waals surface area contributed by atoms with Gasteiger partial charge < -0.3 is 10.4 Å². The normalized spacial score (nSPS) is 12.0. The van der Waals surface area contributed by atoms with E-state index in [1.165, 1.54) is 12.3 Å². The van der Waals surface area contributed by atoms with Crippen LogP contribution in [-0.2, 0) is 13.5 Å². The van der Waals surface area contributed by atoms with Crippen molar-refractivity contribution in [2.75, 3.05) is 0 Å². The Bertz CT molecular complexity index is 942. The fourth-order valence-electron chi connectivity index (χ4n) is 3.00. The van der Waals surface area contributed by atoms with E-state index < -0.39 is 18.0 Å². The standard InChI is InChI=1S/C19H17ClFN3O2/c1-24-18(14(11-22-24)13-7-3-5-9-16(13)21)17(23-19(25)26)10-12-6-2-4-8-15(12)20/h2-9,11,17,23H,10H2,1H3,(H,25,26)/t17-/m1/s1. The predicted octanol–water partition coefficient (Wildman–Crippen LogP) is 4.43. The van der Waals surface area contributed by atoms with Gasteiger partial charge in [0.05, 0.1) is 17.9 Å². The third-order valence-corrected chi connectivity index (χ3v) is 4.53. The number of amides is 1. The van der Waals surface area contributed by atoms with Crippen LogP contribution in [0, 0.1) is 5.82 Å². The SMILES string of the molecule is Cn1ncc(-c2ccccc2F)c1[C@@H](Cc1ccccc1Cl)NC(=O)O. The Morgan fingerprint density at radius 2 is 1.92 bits per heavy atom. The van der Waals surface area contributed by atoms with Gasteiger partial charge in [-0.05, 0) is 24.1 Å². The Morgan fingerprint density at radius 3 is 2.62 bits per heavy atom. The Hall–Kier alpha value is -2.86. The molecule has 0 unspecified atom stereocenters. The number of hydrogen-bond acceptors (Lipinski definition) is 2. The number of aryl methyl sites for hydroxylation is 1. The van der Waals surface area contributed by atoms with E-state index in [2.05, 4.69) is 10.4 Å². The molecule has 0 aliphatic heterocycles. The lowest BCUT2D eigenvalue weighted by atomic mass is 9.97. The summed E-state index contributed by atoms with van der Waals surface area (Å²) in [6.07, 6.45) is 0.673. The average molecular weight is 374 g/mol. The fourth-order valence-corrected chi connectivity index (χ4v) is 3.21. The van der Waals surface area contributed by atoms with E-state index in [-0.39, 0.29) is 0 Å². The van der Waals surface area contributed by atoms with Gasteiger partial charge in [-0.2, -0.15) is 5.10 Å². The zero-order chi connectivity index (χ0) is 18.7. The van der Waals surface area contributed by atoms with Crippen molar-refractivity contribution in [2.45, 2.75) is 12.5 Å². The Morgan fingerprint density at radius 1 is 1.23 bits per heavy atom. The molecular weight excluding hydrogens is 357 g/mol. The molecule has 0 fully saturated rings. The average Bonchev–Trinajstić information content (AvgIpc) is 2.97. The number of halogens is 2. The minimum Gasteiger partial charge on any atom is -0.465 e. The van der Waals surface area contributed by atoms with E-state index in [1.807, 2.05) is 12.1 Å². The molecule has 3 rings (SSSR count). The molecule has 0 aliphatic rings. The lowest BCUT2D eigenvalue weighted by molar-refractivity contribution is 0.189. The van der Waals surface area contributed by atoms with Crippen molar-refractivity contribution >= 4 is 17.7 Å². The van der Waals surface area contributed by atoms with Crippen molar-refractivity contribution < 1.29 is 14.3 Å². The van der Waals surface area contributed by atoms with E-state index in [0.29, 0.717) is 28.3 Å². The molecule has 3 aromatic rings. The minimum absolute atomic E-state index is 0.312. The molecule has 1 amide bonds. The van der Waals surface area contributed by atoms with Gasteiger partial charge in [0.15, 0.2) is 0 Å². The van der Waals surface area contributed by atoms with Crippen molar-refractivity contribution in [1.29, 1.82) is 0 Å². The Labute approximate surface area is 155 Å². The molecule has 1 atom stereocenters. The van der Waals surface area contributed by atoms with Crippen molar-refractivity contribution in [3.8, 4) is 11.1 Å². The van der Waals surface area contributed by atoms with Gasteiger partial charge in [0.2, 0.25) is 0 Å². The van der Waals surface area contributed by atoms with Crippen LogP contribution in [0.3, 0.4) is 0 Å². The first-order valence-corrected chi connectivity index (χ1v) is 8.35. The summed E-state index contributed by atoms with van der Waals surface area (Å²) in [4.78, 5) is 11.4. The highest BCUT2D eigenvalue weighted by Crippen LogP contribution is 2.32. The van der Waals surface area contributed by atoms with E-state index in [0.717, 1.165) is 5.56 Å². The maximum absolute atomic E-state index is 14.3. The lowest BCUT2D eigenvalue weighted by Crippen LogP contribution is -2.30. The predicted molar refractivity (Wildman–Crippen MR) is 97.7 cm³/mol. The van der Waals surface area contributed by atoms with Crippen LogP contribution in [0.2, 0.25) is 5.02 Å². The smallest absolute Gasteiger partial charge is 0.405 e. The monoisotopic (exact) mass is 373 g/mol. The van der Waals surface area contributed by atoms with Crippen LogP contribution in [0.25, 0.3) is 11.1 Å². The molecule has 5 nitrogen and oxygen atoms in total. The molecular formula is C19H17ClFN3O2. The number of nitrogens with one attached hydrogen (secondary N) is 1. The van der Waals surface area contributed by atoms with Crippen LogP contribution in [0.4, 0.5) is 9.18 Å². The molecule has 0 saturated carbocycles. The first kappa shape index (κ1) is 17.9. The van der Waals surface area contributed by atoms with E-state index in [9.17, 15) is 14.3 Å². The number of carbonyl (C=O) groups is 1. The Kier molecular flexibility index (Phi) is 5.23. The third-order valence-electron chi connectivity index (χ3n) is 4.16. The van der Waals surface area contributed by atoms with Crippen molar-refractivity contribution in [2.24, 2.45) is 7.05 Å². The molecule has 0 spiro atoms. The van der Waals surface area contributed by atoms with Gasteiger partial charge in [-0.1, -0.05) is 48.0 Å². The number of nitrogens with zero attached hydrogens (tertiary/aromatic N) is 2. The van der Waals surface area contributed by atoms with E-state index >= 15 is 0 Å². The van der Waals surface area contributed by atoms with Gasteiger partial charge in [-0.3, -0.25) is 4.68 Å². The molecule has 134 valence electrons. The van der Waals surface area contributed by atoms with E-state index in [4.69, 9.17) is 11.6 Å². The van der Waals surface area contributed by atoms with Crippen molar-refractivity contribution in [3.05, 3.63) is 76.8 Å². The molecule has 2 N–H and O–H groups in total. The summed E-state index contributed by atoms with van der Waals surface area (Å²) >= 11 is 6.23. The quantitative estimate of drug-likeness (QED) is 0.695. The lowest BCUT2D eigenvalue weighted by Gasteiger charge is -2.20. The highest BCUT2D eigenvalue weighted by molar-refractivity contribution is 6.31. The first-order chi connectivity index (χ1) is 12.5. The second-order valence-electron chi connectivity index (χ2n) is 5.84. The van der Waals surface area contributed by atoms with Crippen LogP contribution >= 0.6 is 11.6 Å². The fraction of sp³-hybridized carbons (Fsp3) is 0.158. The van der Waals surface area contributed by atoms with Crippen LogP contribution in [-0.4, -0.2) is 21.0 Å². The molecule has 7 heteroatoms. The second kappa shape index (κ2) is 7.58. The summed E-state index contributed by atoms with van der Waals surface area (Å²) in [5.74, 6) is -0.395. The highest BCUT2D eigenvalue weighted by Gasteiger charge is 2.24. The maximum atomic E-state index is 14.3. The minimum atomic E-state index is -1.18. The first-order valence-electron chi connectivity index (χ1n) is 7.97. The maximum Gasteiger partial charge on any atom is 0.405 e. The summed E-state index contributed by atoms with van der Waals surface area (Å²) in [6, 6.07) is 12.9. The van der Waals surface area contributed by atoms with Crippen LogP contribution in [0.1, 0.15) is 17.3 Å². The second-order valence-corrected chi connectivity index (χ2v) is 6.25. The summed E-state index contributed by atoms with van der Waals surface area (Å²) in [5.41, 5.74) is 2.26. The molecule has 0 bridgehead atoms. The number of carboxylic acid groups (broad SMARTS) is 1. The van der Waals surface area contributed by atoms with Gasteiger partial charge in [0.25, 0.3) is 0 Å². The van der Waals surface area contributed by atoms with Gasteiger partial charge in [-0.25, -0.2) is 9.18 Å². The van der Waals surface area contributed by atoms with Gasteiger partial charge in [-0.15, -0.1) is 0 Å². The topological polar surface area (TPSA) is 67.2 Å². The largest absolute Gasteiger partial charge is 0.465 e. The molecule has 2 aromatic carbocycles. The van der Waals surface area contributed by atoms with E-state index in [1.54, 1.807) is 42.1 Å². The molecule has 0 saturated heterocycles. The van der Waals surface area contributed by atoms with Crippen molar-refractivity contribution in [3.63, 3.8) is 0 Å². The molecule has 0 aliphatic carbocycles. The van der Waals surface area contributed by atoms with Gasteiger partial charge in [0.1, 0.15) is 5.82 Å². The molecule has 1 aromatic heterocycles. The summed E-state index contributed by atoms with van der Waals surface area (Å²) < 4.78 is 15.8. The van der Waals surface area contributed by atoms with Crippen molar-refractivity contribution in [1.82, 2.24) is 15.1 Å². The summed E-state index contributed by atoms with van der Waals surface area (Å²) in [6.45, 7) is 0. The number of aromatic nitrogens is 2. The summed E-state index contributed by atoms with van der Waals surface area (Å²) in [5, 5.41) is 16.5. The van der Waals surface area contributed by atoms with Crippen LogP contribution in [0.5, 0.6) is 0 Å². The molecule has 26 heavy (non-hydrogen) atoms. The Balaban J connectivity index is 2.08. The molecule has 1 heterocycles. The van der Waals surface area contributed by atoms with Crippen LogP contribution in [0.15, 0.2) is 54.7 Å². The molecule has 0 radical (unpaired) electrons. The number of hydrogen-bond donors (Lipinski definition) is 2. The zero-order valence-corrected chi connectivity index (χ0v) is 14.7. The number of benzene rings is 2. The van der Waals surface area contributed by atoms with Crippen LogP contribution < -0.4 is 5.32 Å². The summed E-state index contributed by atoms with van der Waals surface area (Å²) in [7, 11) is 1.70.